The number of carbonyl (C=O) groups is 1. The van der Waals surface area contributed by atoms with Crippen LogP contribution in [0.2, 0.25) is 0 Å². The second kappa shape index (κ2) is 8.41. The van der Waals surface area contributed by atoms with Gasteiger partial charge in [-0.15, -0.1) is 11.3 Å². The molecule has 2 N–H and O–H groups in total. The first-order valence-electron chi connectivity index (χ1n) is 8.23. The van der Waals surface area contributed by atoms with Gasteiger partial charge in [0, 0.05) is 43.5 Å². The lowest BCUT2D eigenvalue weighted by atomic mass is 10.2. The lowest BCUT2D eigenvalue weighted by Gasteiger charge is -2.23. The fourth-order valence-electron chi connectivity index (χ4n) is 2.83. The summed E-state index contributed by atoms with van der Waals surface area (Å²) in [6.45, 7) is 5.04. The van der Waals surface area contributed by atoms with Crippen LogP contribution in [0.15, 0.2) is 18.6 Å². The van der Waals surface area contributed by atoms with E-state index in [-0.39, 0.29) is 11.9 Å². The van der Waals surface area contributed by atoms with Crippen LogP contribution in [0, 0.1) is 5.82 Å². The minimum Gasteiger partial charge on any atom is -0.312 e. The zero-order valence-electron chi connectivity index (χ0n) is 14.0. The van der Waals surface area contributed by atoms with E-state index in [4.69, 9.17) is 0 Å². The molecule has 7 nitrogen and oxygen atoms in total. The number of nitrogens with one attached hydrogen (secondary N) is 2. The highest BCUT2D eigenvalue weighted by molar-refractivity contribution is 7.15. The zero-order chi connectivity index (χ0) is 17.6. The number of hydrogen-bond donors (Lipinski definition) is 2. The molecule has 1 aliphatic rings. The van der Waals surface area contributed by atoms with E-state index in [0.29, 0.717) is 17.4 Å². The van der Waals surface area contributed by atoms with Crippen molar-refractivity contribution in [3.05, 3.63) is 35.1 Å². The van der Waals surface area contributed by atoms with Crippen LogP contribution in [0.3, 0.4) is 0 Å². The van der Waals surface area contributed by atoms with Crippen molar-refractivity contribution in [3.8, 4) is 0 Å². The number of anilines is 1. The van der Waals surface area contributed by atoms with Gasteiger partial charge < -0.3 is 10.6 Å². The normalized spacial score (nSPS) is 18.7. The van der Waals surface area contributed by atoms with E-state index < -0.39 is 5.82 Å². The molecule has 1 amide bonds. The number of amides is 1. The van der Waals surface area contributed by atoms with Crippen molar-refractivity contribution in [1.82, 2.24) is 25.2 Å². The van der Waals surface area contributed by atoms with Gasteiger partial charge in [0.25, 0.3) is 0 Å². The Balaban J connectivity index is 1.58. The molecule has 0 aromatic carbocycles. The van der Waals surface area contributed by atoms with E-state index in [9.17, 15) is 9.18 Å². The molecular formula is C16H21FN6OS. The molecule has 134 valence electrons. The smallest absolute Gasteiger partial charge is 0.223 e. The number of rotatable bonds is 5. The van der Waals surface area contributed by atoms with Gasteiger partial charge in [-0.1, -0.05) is 0 Å². The maximum atomic E-state index is 12.9. The standard InChI is InChI=1S/C16H21FN6OS/c1-11(24)22-16-21-8-14(25-16)10-23-4-2-3-18-13(9-23)5-15-19-6-12(17)7-20-15/h6-8,13,18H,2-5,9-10H2,1H3,(H,21,22,24). The third kappa shape index (κ3) is 5.52. The van der Waals surface area contributed by atoms with Crippen LogP contribution in [-0.4, -0.2) is 51.4 Å². The molecule has 2 aromatic rings. The van der Waals surface area contributed by atoms with Crippen molar-refractivity contribution in [2.45, 2.75) is 32.4 Å². The Kier molecular flexibility index (Phi) is 6.00. The van der Waals surface area contributed by atoms with E-state index >= 15 is 0 Å². The molecule has 2 aromatic heterocycles. The quantitative estimate of drug-likeness (QED) is 0.835. The third-order valence-corrected chi connectivity index (χ3v) is 4.78. The number of thiazole rings is 1. The summed E-state index contributed by atoms with van der Waals surface area (Å²) < 4.78 is 12.9. The van der Waals surface area contributed by atoms with Gasteiger partial charge in [0.2, 0.25) is 5.91 Å². The molecule has 1 aliphatic heterocycles. The Morgan fingerprint density at radius 1 is 1.40 bits per heavy atom. The van der Waals surface area contributed by atoms with E-state index in [1.165, 1.54) is 30.7 Å². The van der Waals surface area contributed by atoms with E-state index in [2.05, 4.69) is 30.5 Å². The van der Waals surface area contributed by atoms with Crippen molar-refractivity contribution >= 4 is 22.4 Å². The van der Waals surface area contributed by atoms with Gasteiger partial charge in [-0.05, 0) is 19.5 Å². The van der Waals surface area contributed by atoms with Gasteiger partial charge in [0.1, 0.15) is 5.82 Å². The highest BCUT2D eigenvalue weighted by atomic mass is 32.1. The molecule has 9 heteroatoms. The molecule has 1 fully saturated rings. The fraction of sp³-hybridized carbons (Fsp3) is 0.500. The molecule has 0 aliphatic carbocycles. The Bertz CT molecular complexity index is 707. The lowest BCUT2D eigenvalue weighted by Crippen LogP contribution is -2.39. The van der Waals surface area contributed by atoms with Crippen LogP contribution in [0.4, 0.5) is 9.52 Å². The second-order valence-corrected chi connectivity index (χ2v) is 7.19. The molecule has 1 atom stereocenters. The summed E-state index contributed by atoms with van der Waals surface area (Å²) >= 11 is 1.50. The first kappa shape index (κ1) is 17.8. The lowest BCUT2D eigenvalue weighted by molar-refractivity contribution is -0.114. The predicted molar refractivity (Wildman–Crippen MR) is 93.8 cm³/mol. The Hall–Kier alpha value is -1.97. The number of halogens is 1. The van der Waals surface area contributed by atoms with Crippen molar-refractivity contribution in [2.75, 3.05) is 25.0 Å². The molecule has 1 unspecified atom stereocenters. The van der Waals surface area contributed by atoms with Gasteiger partial charge >= 0.3 is 0 Å². The van der Waals surface area contributed by atoms with Crippen LogP contribution >= 0.6 is 11.3 Å². The Morgan fingerprint density at radius 2 is 2.20 bits per heavy atom. The zero-order valence-corrected chi connectivity index (χ0v) is 14.9. The fourth-order valence-corrected chi connectivity index (χ4v) is 3.73. The van der Waals surface area contributed by atoms with Gasteiger partial charge in [-0.3, -0.25) is 9.69 Å². The van der Waals surface area contributed by atoms with Crippen molar-refractivity contribution in [1.29, 1.82) is 0 Å². The SMILES string of the molecule is CC(=O)Nc1ncc(CN2CCCNC(Cc3ncc(F)cn3)C2)s1. The number of nitrogens with zero attached hydrogens (tertiary/aromatic N) is 4. The van der Waals surface area contributed by atoms with Crippen molar-refractivity contribution < 1.29 is 9.18 Å². The third-order valence-electron chi connectivity index (χ3n) is 3.88. The average molecular weight is 364 g/mol. The van der Waals surface area contributed by atoms with E-state index in [0.717, 1.165) is 37.5 Å². The molecule has 0 bridgehead atoms. The molecule has 3 heterocycles. The monoisotopic (exact) mass is 364 g/mol. The molecule has 0 spiro atoms. The van der Waals surface area contributed by atoms with Crippen LogP contribution in [0.5, 0.6) is 0 Å². The number of aromatic nitrogens is 3. The topological polar surface area (TPSA) is 83.0 Å². The van der Waals surface area contributed by atoms with Crippen LogP contribution in [0.1, 0.15) is 24.0 Å². The summed E-state index contributed by atoms with van der Waals surface area (Å²) in [5, 5.41) is 6.85. The van der Waals surface area contributed by atoms with Crippen LogP contribution in [-0.2, 0) is 17.8 Å². The maximum Gasteiger partial charge on any atom is 0.223 e. The number of carbonyl (C=O) groups excluding carboxylic acids is 1. The summed E-state index contributed by atoms with van der Waals surface area (Å²) in [7, 11) is 0. The molecule has 0 saturated carbocycles. The largest absolute Gasteiger partial charge is 0.312 e. The van der Waals surface area contributed by atoms with E-state index in [1.807, 2.05) is 6.20 Å². The predicted octanol–water partition coefficient (Wildman–Crippen LogP) is 1.44. The Morgan fingerprint density at radius 3 is 2.96 bits per heavy atom. The first-order valence-corrected chi connectivity index (χ1v) is 9.04. The maximum absolute atomic E-state index is 12.9. The summed E-state index contributed by atoms with van der Waals surface area (Å²) in [6.07, 6.45) is 5.94. The van der Waals surface area contributed by atoms with Gasteiger partial charge in [-0.25, -0.2) is 19.3 Å². The summed E-state index contributed by atoms with van der Waals surface area (Å²) in [5.74, 6) is 0.116. The summed E-state index contributed by atoms with van der Waals surface area (Å²) in [6, 6.07) is 0.218. The molecule has 3 rings (SSSR count). The average Bonchev–Trinajstić information content (AvgIpc) is 2.87. The highest BCUT2D eigenvalue weighted by Crippen LogP contribution is 2.20. The minimum absolute atomic E-state index is 0.112. The van der Waals surface area contributed by atoms with Crippen LogP contribution in [0.25, 0.3) is 0 Å². The van der Waals surface area contributed by atoms with Gasteiger partial charge in [0.05, 0.1) is 12.4 Å². The number of hydrogen-bond acceptors (Lipinski definition) is 7. The molecule has 25 heavy (non-hydrogen) atoms. The Labute approximate surface area is 149 Å². The highest BCUT2D eigenvalue weighted by Gasteiger charge is 2.20. The molecule has 0 radical (unpaired) electrons. The summed E-state index contributed by atoms with van der Waals surface area (Å²) in [4.78, 5) is 26.9. The first-order chi connectivity index (χ1) is 12.1. The van der Waals surface area contributed by atoms with Gasteiger partial charge in [0.15, 0.2) is 10.9 Å². The van der Waals surface area contributed by atoms with Crippen molar-refractivity contribution in [2.24, 2.45) is 0 Å². The van der Waals surface area contributed by atoms with E-state index in [1.54, 1.807) is 0 Å². The minimum atomic E-state index is -0.417. The second-order valence-electron chi connectivity index (χ2n) is 6.07. The van der Waals surface area contributed by atoms with Crippen molar-refractivity contribution in [3.63, 3.8) is 0 Å². The molecule has 1 saturated heterocycles. The van der Waals surface area contributed by atoms with Gasteiger partial charge in [-0.2, -0.15) is 0 Å². The van der Waals surface area contributed by atoms with Crippen LogP contribution < -0.4 is 10.6 Å². The summed E-state index contributed by atoms with van der Waals surface area (Å²) in [5.41, 5.74) is 0. The molecular weight excluding hydrogens is 343 g/mol.